The molecule has 2 amide bonds. The quantitative estimate of drug-likeness (QED) is 0.804. The maximum atomic E-state index is 11.9. The Kier molecular flexibility index (Phi) is 3.23. The van der Waals surface area contributed by atoms with Crippen molar-refractivity contribution >= 4 is 29.1 Å². The van der Waals surface area contributed by atoms with Crippen molar-refractivity contribution in [3.63, 3.8) is 0 Å². The van der Waals surface area contributed by atoms with E-state index in [1.54, 1.807) is 17.5 Å². The number of piperidine rings is 1. The summed E-state index contributed by atoms with van der Waals surface area (Å²) in [4.78, 5) is 36.0. The first-order valence-corrected chi connectivity index (χ1v) is 6.08. The molecule has 0 bridgehead atoms. The second-order valence-electron chi connectivity index (χ2n) is 3.86. The van der Waals surface area contributed by atoms with Crippen LogP contribution in [-0.2, 0) is 9.59 Å². The van der Waals surface area contributed by atoms with Crippen LogP contribution in [0.5, 0.6) is 0 Å². The van der Waals surface area contributed by atoms with E-state index < -0.39 is 17.8 Å². The molecule has 1 unspecified atom stereocenters. The molecule has 1 fully saturated rings. The van der Waals surface area contributed by atoms with Crippen molar-refractivity contribution in [2.75, 3.05) is 6.54 Å². The number of carbonyl (C=O) groups excluding carboxylic acids is 2. The summed E-state index contributed by atoms with van der Waals surface area (Å²) in [6.45, 7) is 0.187. The summed E-state index contributed by atoms with van der Waals surface area (Å²) in [6.07, 6.45) is 0.241. The lowest BCUT2D eigenvalue weighted by molar-refractivity contribution is -0.148. The zero-order valence-electron chi connectivity index (χ0n) is 8.96. The Labute approximate surface area is 102 Å². The number of hydrogen-bond acceptors (Lipinski definition) is 4. The number of amides is 2. The van der Waals surface area contributed by atoms with E-state index in [0.717, 1.165) is 4.90 Å². The predicted octanol–water partition coefficient (Wildman–Crippen LogP) is 1.21. The van der Waals surface area contributed by atoms with Gasteiger partial charge in [-0.05, 0) is 17.9 Å². The van der Waals surface area contributed by atoms with Gasteiger partial charge in [0.05, 0.1) is 10.8 Å². The number of aliphatic carboxylic acids is 1. The largest absolute Gasteiger partial charge is 0.481 e. The van der Waals surface area contributed by atoms with Gasteiger partial charge in [-0.2, -0.15) is 0 Å². The van der Waals surface area contributed by atoms with Crippen LogP contribution >= 0.6 is 11.3 Å². The first-order valence-electron chi connectivity index (χ1n) is 5.20. The number of carboxylic acids is 1. The minimum Gasteiger partial charge on any atom is -0.481 e. The van der Waals surface area contributed by atoms with Crippen LogP contribution in [0.25, 0.3) is 0 Å². The van der Waals surface area contributed by atoms with Gasteiger partial charge < -0.3 is 5.11 Å². The van der Waals surface area contributed by atoms with Gasteiger partial charge in [-0.3, -0.25) is 19.3 Å². The fourth-order valence-corrected chi connectivity index (χ4v) is 2.46. The van der Waals surface area contributed by atoms with Gasteiger partial charge in [0.1, 0.15) is 0 Å². The molecule has 1 N–H and O–H groups in total. The van der Waals surface area contributed by atoms with Crippen molar-refractivity contribution in [3.8, 4) is 0 Å². The third-order valence-electron chi connectivity index (χ3n) is 2.75. The molecule has 2 heterocycles. The summed E-state index contributed by atoms with van der Waals surface area (Å²) in [5.41, 5.74) is 0. The van der Waals surface area contributed by atoms with E-state index >= 15 is 0 Å². The number of imide groups is 1. The highest BCUT2D eigenvalue weighted by molar-refractivity contribution is 7.12. The zero-order valence-corrected chi connectivity index (χ0v) is 9.77. The van der Waals surface area contributed by atoms with Crippen molar-refractivity contribution < 1.29 is 19.5 Å². The van der Waals surface area contributed by atoms with Crippen LogP contribution in [0, 0.1) is 5.92 Å². The lowest BCUT2D eigenvalue weighted by Crippen LogP contribution is -2.44. The van der Waals surface area contributed by atoms with E-state index in [1.165, 1.54) is 11.3 Å². The average molecular weight is 253 g/mol. The predicted molar refractivity (Wildman–Crippen MR) is 60.7 cm³/mol. The van der Waals surface area contributed by atoms with Gasteiger partial charge in [-0.1, -0.05) is 6.07 Å². The summed E-state index contributed by atoms with van der Waals surface area (Å²) >= 11 is 1.27. The molecule has 1 aliphatic heterocycles. The van der Waals surface area contributed by atoms with Crippen LogP contribution in [0.1, 0.15) is 22.5 Å². The van der Waals surface area contributed by atoms with E-state index in [4.69, 9.17) is 5.11 Å². The Bertz CT molecular complexity index is 454. The van der Waals surface area contributed by atoms with E-state index in [1.807, 2.05) is 0 Å². The molecule has 0 spiro atoms. The highest BCUT2D eigenvalue weighted by Gasteiger charge is 2.33. The van der Waals surface area contributed by atoms with Crippen molar-refractivity contribution in [3.05, 3.63) is 22.4 Å². The number of rotatable bonds is 2. The van der Waals surface area contributed by atoms with Gasteiger partial charge in [0.25, 0.3) is 5.91 Å². The Morgan fingerprint density at radius 1 is 1.47 bits per heavy atom. The van der Waals surface area contributed by atoms with Gasteiger partial charge >= 0.3 is 5.97 Å². The molecule has 0 saturated carbocycles. The highest BCUT2D eigenvalue weighted by atomic mass is 32.1. The van der Waals surface area contributed by atoms with Gasteiger partial charge in [-0.15, -0.1) is 11.3 Å². The fraction of sp³-hybridized carbons (Fsp3) is 0.364. The first-order chi connectivity index (χ1) is 8.09. The lowest BCUT2D eigenvalue weighted by atomic mass is 9.96. The molecule has 17 heavy (non-hydrogen) atoms. The minimum absolute atomic E-state index is 0.0908. The van der Waals surface area contributed by atoms with E-state index in [9.17, 15) is 14.4 Å². The van der Waals surface area contributed by atoms with Gasteiger partial charge in [0.15, 0.2) is 0 Å². The van der Waals surface area contributed by atoms with Crippen molar-refractivity contribution in [1.82, 2.24) is 4.90 Å². The molecule has 1 aromatic rings. The SMILES string of the molecule is O=C(O)C1CCN(C(=O)c2cccs2)C(=O)C1. The maximum absolute atomic E-state index is 11.9. The van der Waals surface area contributed by atoms with Crippen molar-refractivity contribution in [2.45, 2.75) is 12.8 Å². The Morgan fingerprint density at radius 3 is 2.76 bits per heavy atom. The zero-order chi connectivity index (χ0) is 12.4. The summed E-state index contributed by atoms with van der Waals surface area (Å²) in [7, 11) is 0. The Morgan fingerprint density at radius 2 is 2.24 bits per heavy atom. The normalized spacial score (nSPS) is 20.4. The number of likely N-dealkylation sites (tertiary alicyclic amines) is 1. The number of carboxylic acid groups (broad SMARTS) is 1. The van der Waals surface area contributed by atoms with Crippen LogP contribution in [0.15, 0.2) is 17.5 Å². The molecule has 1 aromatic heterocycles. The molecule has 1 saturated heterocycles. The fourth-order valence-electron chi connectivity index (χ4n) is 1.79. The topological polar surface area (TPSA) is 74.7 Å². The Balaban J connectivity index is 2.07. The first kappa shape index (κ1) is 11.8. The Hall–Kier alpha value is -1.69. The molecule has 0 aromatic carbocycles. The molecule has 0 aliphatic carbocycles. The van der Waals surface area contributed by atoms with Crippen molar-refractivity contribution in [1.29, 1.82) is 0 Å². The second-order valence-corrected chi connectivity index (χ2v) is 4.80. The van der Waals surface area contributed by atoms with Crippen LogP contribution in [0.4, 0.5) is 0 Å². The van der Waals surface area contributed by atoms with Gasteiger partial charge in [0, 0.05) is 13.0 Å². The second kappa shape index (κ2) is 4.67. The van der Waals surface area contributed by atoms with Crippen LogP contribution in [0.2, 0.25) is 0 Å². The lowest BCUT2D eigenvalue weighted by Gasteiger charge is -2.27. The summed E-state index contributed by atoms with van der Waals surface area (Å²) in [5, 5.41) is 10.6. The molecule has 1 atom stereocenters. The molecule has 6 heteroatoms. The number of thiophene rings is 1. The maximum Gasteiger partial charge on any atom is 0.307 e. The monoisotopic (exact) mass is 253 g/mol. The standard InChI is InChI=1S/C11H11NO4S/c13-9-6-7(11(15)16)3-4-12(9)10(14)8-2-1-5-17-8/h1-2,5,7H,3-4,6H2,(H,15,16). The van der Waals surface area contributed by atoms with E-state index in [-0.39, 0.29) is 18.9 Å². The number of carbonyl (C=O) groups is 3. The molecule has 90 valence electrons. The molecule has 1 aliphatic rings. The summed E-state index contributed by atoms with van der Waals surface area (Å²) in [6, 6.07) is 3.40. The van der Waals surface area contributed by atoms with E-state index in [0.29, 0.717) is 11.3 Å². The third kappa shape index (κ3) is 2.36. The average Bonchev–Trinajstić information content (AvgIpc) is 2.81. The summed E-state index contributed by atoms with van der Waals surface area (Å²) in [5.74, 6) is -2.35. The molecular formula is C11H11NO4S. The molecule has 2 rings (SSSR count). The molecule has 5 nitrogen and oxygen atoms in total. The number of hydrogen-bond donors (Lipinski definition) is 1. The number of nitrogens with zero attached hydrogens (tertiary/aromatic N) is 1. The van der Waals surface area contributed by atoms with Gasteiger partial charge in [0.2, 0.25) is 5.91 Å². The molecule has 0 radical (unpaired) electrons. The third-order valence-corrected chi connectivity index (χ3v) is 3.61. The van der Waals surface area contributed by atoms with Crippen LogP contribution < -0.4 is 0 Å². The minimum atomic E-state index is -0.971. The highest BCUT2D eigenvalue weighted by Crippen LogP contribution is 2.21. The summed E-state index contributed by atoms with van der Waals surface area (Å²) < 4.78 is 0. The van der Waals surface area contributed by atoms with Crippen LogP contribution in [-0.4, -0.2) is 34.3 Å². The van der Waals surface area contributed by atoms with Crippen LogP contribution in [0.3, 0.4) is 0 Å². The smallest absolute Gasteiger partial charge is 0.307 e. The molecular weight excluding hydrogens is 242 g/mol. The van der Waals surface area contributed by atoms with Gasteiger partial charge in [-0.25, -0.2) is 0 Å². The van der Waals surface area contributed by atoms with E-state index in [2.05, 4.69) is 0 Å². The van der Waals surface area contributed by atoms with Crippen molar-refractivity contribution in [2.24, 2.45) is 5.92 Å².